The summed E-state index contributed by atoms with van der Waals surface area (Å²) in [6, 6.07) is 5.67. The number of nitrogens with zero attached hydrogens (tertiary/aromatic N) is 1. The van der Waals surface area contributed by atoms with Crippen molar-refractivity contribution in [1.29, 1.82) is 0 Å². The summed E-state index contributed by atoms with van der Waals surface area (Å²) in [5, 5.41) is 0. The van der Waals surface area contributed by atoms with Crippen LogP contribution in [0.25, 0.3) is 0 Å². The topological polar surface area (TPSA) is 55.3 Å². The molecule has 110 valence electrons. The molecule has 0 aromatic heterocycles. The minimum Gasteiger partial charge on any atom is -1.00 e. The van der Waals surface area contributed by atoms with E-state index in [1.54, 1.807) is 0 Å². The van der Waals surface area contributed by atoms with Crippen molar-refractivity contribution in [3.63, 3.8) is 0 Å². The van der Waals surface area contributed by atoms with E-state index in [0.29, 0.717) is 5.56 Å². The Bertz CT molecular complexity index is 504. The molecule has 0 radical (unpaired) electrons. The first kappa shape index (κ1) is 16.6. The quantitative estimate of drug-likeness (QED) is 0.528. The second kappa shape index (κ2) is 7.33. The molecule has 0 bridgehead atoms. The maximum absolute atomic E-state index is 12.0. The van der Waals surface area contributed by atoms with Gasteiger partial charge in [-0.2, -0.15) is 8.78 Å². The largest absolute Gasteiger partial charge is 1.00 e. The number of hydrogen-bond donors (Lipinski definition) is 1. The van der Waals surface area contributed by atoms with E-state index in [2.05, 4.69) is 4.74 Å². The molecule has 0 atom stereocenters. The predicted molar refractivity (Wildman–Crippen MR) is 65.8 cm³/mol. The van der Waals surface area contributed by atoms with Crippen LogP contribution in [-0.4, -0.2) is 35.9 Å². The highest BCUT2D eigenvalue weighted by atomic mass is 79.9. The summed E-state index contributed by atoms with van der Waals surface area (Å²) in [4.78, 5) is 12.0. The number of alkyl halides is 2. The lowest BCUT2D eigenvalue weighted by Crippen LogP contribution is -3.00. The van der Waals surface area contributed by atoms with E-state index < -0.39 is 6.61 Å². The Hall–Kier alpha value is -1.50. The summed E-state index contributed by atoms with van der Waals surface area (Å²) in [5.74, 6) is 0.679. The molecule has 20 heavy (non-hydrogen) atoms. The van der Waals surface area contributed by atoms with Crippen LogP contribution < -0.4 is 27.5 Å². The van der Waals surface area contributed by atoms with E-state index in [4.69, 9.17) is 5.73 Å². The maximum atomic E-state index is 12.0. The molecule has 2 N–H and O–H groups in total. The molecule has 1 aromatic carbocycles. The highest BCUT2D eigenvalue weighted by Gasteiger charge is 2.20. The van der Waals surface area contributed by atoms with Gasteiger partial charge >= 0.3 is 6.61 Å². The third-order valence-corrected chi connectivity index (χ3v) is 3.00. The van der Waals surface area contributed by atoms with Crippen molar-refractivity contribution in [2.45, 2.75) is 19.5 Å². The van der Waals surface area contributed by atoms with Crippen molar-refractivity contribution in [3.05, 3.63) is 29.8 Å². The van der Waals surface area contributed by atoms with Gasteiger partial charge in [0, 0.05) is 5.56 Å². The molecule has 4 nitrogen and oxygen atoms in total. The first-order valence-corrected chi connectivity index (χ1v) is 6.00. The number of carbonyl (C=O) groups is 1. The van der Waals surface area contributed by atoms with Crippen LogP contribution in [0.3, 0.4) is 0 Å². The number of Topliss-reactive ketones (excluding diaryl/α,β-unsaturated/α-hetero) is 1. The smallest absolute Gasteiger partial charge is 0.387 e. The van der Waals surface area contributed by atoms with Gasteiger partial charge in [-0.25, -0.2) is 0 Å². The van der Waals surface area contributed by atoms with Crippen LogP contribution in [-0.2, 0) is 0 Å². The average Bonchev–Trinajstić information content (AvgIpc) is 2.75. The Balaban J connectivity index is 0.00000200. The number of rotatable bonds is 5. The van der Waals surface area contributed by atoms with E-state index >= 15 is 0 Å². The van der Waals surface area contributed by atoms with Crippen molar-refractivity contribution in [2.75, 3.05) is 13.1 Å². The molecule has 1 aliphatic rings. The Kier molecular flexibility index (Phi) is 6.06. The summed E-state index contributed by atoms with van der Waals surface area (Å²) in [6.45, 7) is -1.86. The van der Waals surface area contributed by atoms with Crippen LogP contribution in [0.15, 0.2) is 24.3 Å². The standard InChI is InChI=1S/C13H14F2N2O2.BrH/c14-13(15)19-10-5-3-9(4-6-10)11(18)8-17-7-1-2-12(17)16;/h3-6,13,16H,1-2,7-8H2;1H. The first-order chi connectivity index (χ1) is 9.06. The molecule has 0 amide bonds. The van der Waals surface area contributed by atoms with Crippen molar-refractivity contribution in [1.82, 2.24) is 0 Å². The van der Waals surface area contributed by atoms with Gasteiger partial charge in [0.25, 0.3) is 0 Å². The molecule has 1 heterocycles. The average molecular weight is 349 g/mol. The Morgan fingerprint density at radius 1 is 1.35 bits per heavy atom. The Morgan fingerprint density at radius 2 is 2.00 bits per heavy atom. The molecule has 0 spiro atoms. The zero-order chi connectivity index (χ0) is 13.8. The van der Waals surface area contributed by atoms with Gasteiger partial charge in [0.05, 0.1) is 13.0 Å². The monoisotopic (exact) mass is 348 g/mol. The molecular weight excluding hydrogens is 334 g/mol. The van der Waals surface area contributed by atoms with E-state index in [0.717, 1.165) is 25.2 Å². The number of halogens is 3. The van der Waals surface area contributed by atoms with Crippen LogP contribution in [0.2, 0.25) is 0 Å². The molecule has 1 aliphatic heterocycles. The number of carbonyl (C=O) groups excluding carboxylic acids is 1. The van der Waals surface area contributed by atoms with E-state index in [-0.39, 0.29) is 35.1 Å². The summed E-state index contributed by atoms with van der Waals surface area (Å²) >= 11 is 0. The van der Waals surface area contributed by atoms with Gasteiger partial charge in [-0.05, 0) is 30.7 Å². The number of hydrogen-bond acceptors (Lipinski definition) is 3. The number of benzene rings is 1. The van der Waals surface area contributed by atoms with E-state index in [1.165, 1.54) is 24.3 Å². The van der Waals surface area contributed by atoms with Gasteiger partial charge in [-0.15, -0.1) is 0 Å². The van der Waals surface area contributed by atoms with E-state index in [1.807, 2.05) is 4.58 Å². The number of nitrogens with two attached hydrogens (primary N) is 1. The first-order valence-electron chi connectivity index (χ1n) is 6.00. The summed E-state index contributed by atoms with van der Waals surface area (Å²) in [6.07, 6.45) is 1.77. The lowest BCUT2D eigenvalue weighted by molar-refractivity contribution is -0.507. The second-order valence-corrected chi connectivity index (χ2v) is 4.34. The fourth-order valence-corrected chi connectivity index (χ4v) is 2.02. The van der Waals surface area contributed by atoms with Crippen LogP contribution in [0, 0.1) is 0 Å². The predicted octanol–water partition coefficient (Wildman–Crippen LogP) is -1.36. The Labute approximate surface area is 126 Å². The van der Waals surface area contributed by atoms with Crippen LogP contribution in [0.4, 0.5) is 8.78 Å². The maximum Gasteiger partial charge on any atom is 0.387 e. The molecule has 0 saturated carbocycles. The second-order valence-electron chi connectivity index (χ2n) is 4.34. The van der Waals surface area contributed by atoms with Crippen molar-refractivity contribution >= 4 is 11.6 Å². The van der Waals surface area contributed by atoms with Crippen molar-refractivity contribution in [2.24, 2.45) is 5.73 Å². The third kappa shape index (κ3) is 4.26. The molecule has 7 heteroatoms. The highest BCUT2D eigenvalue weighted by Crippen LogP contribution is 2.15. The minimum absolute atomic E-state index is 0. The number of ether oxygens (including phenoxy) is 1. The third-order valence-electron chi connectivity index (χ3n) is 3.00. The molecule has 0 fully saturated rings. The van der Waals surface area contributed by atoms with Gasteiger partial charge in [-0.1, -0.05) is 0 Å². The summed E-state index contributed by atoms with van der Waals surface area (Å²) in [7, 11) is 0. The summed E-state index contributed by atoms with van der Waals surface area (Å²) in [5.41, 5.74) is 6.23. The van der Waals surface area contributed by atoms with Gasteiger partial charge in [0.15, 0.2) is 0 Å². The SMILES string of the molecule is NC1=[N+](CC(=O)c2ccc(OC(F)F)cc2)CCC1.[Br-]. The molecule has 1 aromatic rings. The normalized spacial score (nSPS) is 14.3. The van der Waals surface area contributed by atoms with Gasteiger partial charge < -0.3 is 21.7 Å². The van der Waals surface area contributed by atoms with Crippen molar-refractivity contribution in [3.8, 4) is 5.75 Å². The fraction of sp³-hybridized carbons (Fsp3) is 0.385. The van der Waals surface area contributed by atoms with Crippen molar-refractivity contribution < 1.29 is 39.9 Å². The summed E-state index contributed by atoms with van der Waals surface area (Å²) < 4.78 is 30.0. The van der Waals surface area contributed by atoms with Crippen LogP contribution in [0.5, 0.6) is 5.75 Å². The van der Waals surface area contributed by atoms with Gasteiger partial charge in [0.2, 0.25) is 11.6 Å². The minimum atomic E-state index is -2.86. The molecule has 0 saturated heterocycles. The number of ketones is 1. The highest BCUT2D eigenvalue weighted by molar-refractivity contribution is 5.97. The van der Waals surface area contributed by atoms with E-state index in [9.17, 15) is 13.6 Å². The molecule has 0 aliphatic carbocycles. The van der Waals surface area contributed by atoms with Crippen LogP contribution >= 0.6 is 0 Å². The lowest BCUT2D eigenvalue weighted by atomic mass is 10.1. The zero-order valence-electron chi connectivity index (χ0n) is 10.7. The lowest BCUT2D eigenvalue weighted by Gasteiger charge is -2.06. The van der Waals surface area contributed by atoms with Gasteiger partial charge in [0.1, 0.15) is 12.3 Å². The molecular formula is C13H15BrF2N2O2. The fourth-order valence-electron chi connectivity index (χ4n) is 2.02. The van der Waals surface area contributed by atoms with Crippen LogP contribution in [0.1, 0.15) is 23.2 Å². The molecule has 2 rings (SSSR count). The molecule has 0 unspecified atom stereocenters. The van der Waals surface area contributed by atoms with Gasteiger partial charge in [-0.3, -0.25) is 15.1 Å². The number of amidine groups is 1. The Morgan fingerprint density at radius 3 is 2.50 bits per heavy atom. The zero-order valence-corrected chi connectivity index (χ0v) is 12.3.